The molecule has 19 heavy (non-hydrogen) atoms. The number of hydrogen-bond donors (Lipinski definition) is 0. The van der Waals surface area contributed by atoms with Crippen molar-refractivity contribution in [3.8, 4) is 11.5 Å². The number of hydrogen-bond acceptors (Lipinski definition) is 3. The lowest BCUT2D eigenvalue weighted by Crippen LogP contribution is -2.01. The summed E-state index contributed by atoms with van der Waals surface area (Å²) in [7, 11) is 2.88. The maximum Gasteiger partial charge on any atom is 0.134 e. The lowest BCUT2D eigenvalue weighted by Gasteiger charge is -2.13. The van der Waals surface area contributed by atoms with Crippen LogP contribution in [0.2, 0.25) is 0 Å². The summed E-state index contributed by atoms with van der Waals surface area (Å²) in [5, 5.41) is 1.81. The van der Waals surface area contributed by atoms with Crippen molar-refractivity contribution in [2.45, 2.75) is 4.83 Å². The minimum absolute atomic E-state index is 0.0541. The molecule has 1 aromatic carbocycles. The van der Waals surface area contributed by atoms with Gasteiger partial charge in [-0.1, -0.05) is 15.9 Å². The number of ether oxygens (including phenoxy) is 2. The Bertz CT molecular complexity index is 563. The highest BCUT2D eigenvalue weighted by molar-refractivity contribution is 9.09. The van der Waals surface area contributed by atoms with Crippen molar-refractivity contribution in [2.24, 2.45) is 0 Å². The van der Waals surface area contributed by atoms with E-state index in [9.17, 15) is 8.78 Å². The van der Waals surface area contributed by atoms with E-state index in [4.69, 9.17) is 9.47 Å². The number of alkyl halides is 1. The molecular formula is C13H11BrF2O2S. The van der Waals surface area contributed by atoms with Gasteiger partial charge in [0.05, 0.1) is 23.9 Å². The molecule has 0 aliphatic heterocycles. The second kappa shape index (κ2) is 5.88. The molecule has 1 atom stereocenters. The highest BCUT2D eigenvalue weighted by Gasteiger charge is 2.24. The third-order valence-electron chi connectivity index (χ3n) is 2.65. The molecule has 1 heterocycles. The van der Waals surface area contributed by atoms with E-state index in [2.05, 4.69) is 15.9 Å². The van der Waals surface area contributed by atoms with Crippen molar-refractivity contribution in [2.75, 3.05) is 14.2 Å². The Balaban J connectivity index is 2.47. The number of thiophene rings is 1. The van der Waals surface area contributed by atoms with Crippen LogP contribution in [0.25, 0.3) is 0 Å². The van der Waals surface area contributed by atoms with Gasteiger partial charge in [0, 0.05) is 17.7 Å². The molecule has 0 bridgehead atoms. The fraction of sp³-hybridized carbons (Fsp3) is 0.231. The molecule has 0 aliphatic rings. The van der Waals surface area contributed by atoms with Crippen LogP contribution in [0, 0.1) is 11.6 Å². The Labute approximate surface area is 122 Å². The van der Waals surface area contributed by atoms with Crippen LogP contribution in [0.5, 0.6) is 11.5 Å². The van der Waals surface area contributed by atoms with Crippen molar-refractivity contribution in [3.63, 3.8) is 0 Å². The zero-order chi connectivity index (χ0) is 14.0. The van der Waals surface area contributed by atoms with Crippen LogP contribution in [0.4, 0.5) is 8.78 Å². The topological polar surface area (TPSA) is 18.5 Å². The van der Waals surface area contributed by atoms with Gasteiger partial charge in [-0.05, 0) is 11.4 Å². The Kier molecular flexibility index (Phi) is 4.42. The predicted molar refractivity (Wildman–Crippen MR) is 74.6 cm³/mol. The molecule has 102 valence electrons. The van der Waals surface area contributed by atoms with Crippen molar-refractivity contribution >= 4 is 27.3 Å². The van der Waals surface area contributed by atoms with Crippen LogP contribution in [-0.2, 0) is 0 Å². The summed E-state index contributed by atoms with van der Waals surface area (Å²) >= 11 is 4.69. The maximum absolute atomic E-state index is 14.0. The normalized spacial score (nSPS) is 12.3. The Morgan fingerprint density at radius 1 is 1.16 bits per heavy atom. The van der Waals surface area contributed by atoms with Crippen LogP contribution in [0.15, 0.2) is 23.6 Å². The molecule has 0 fully saturated rings. The molecule has 0 aliphatic carbocycles. The maximum atomic E-state index is 14.0. The lowest BCUT2D eigenvalue weighted by molar-refractivity contribution is 0.404. The minimum atomic E-state index is -0.658. The first-order valence-electron chi connectivity index (χ1n) is 5.36. The van der Waals surface area contributed by atoms with Gasteiger partial charge in [-0.3, -0.25) is 0 Å². The summed E-state index contributed by atoms with van der Waals surface area (Å²) in [6.45, 7) is 0. The molecule has 2 rings (SSSR count). The molecule has 0 spiro atoms. The van der Waals surface area contributed by atoms with Gasteiger partial charge in [0.25, 0.3) is 0 Å². The third-order valence-corrected chi connectivity index (χ3v) is 4.83. The standard InChI is InChI=1S/C13H11BrF2O2S/c1-17-7-5-8(15)11(9(16)6-7)12(14)13-10(18-2)3-4-19-13/h3-6,12H,1-2H3. The van der Waals surface area contributed by atoms with E-state index in [0.29, 0.717) is 10.6 Å². The second-order valence-electron chi connectivity index (χ2n) is 3.72. The van der Waals surface area contributed by atoms with Gasteiger partial charge in [-0.25, -0.2) is 8.78 Å². The van der Waals surface area contributed by atoms with Crippen LogP contribution >= 0.6 is 27.3 Å². The van der Waals surface area contributed by atoms with Crippen molar-refractivity contribution in [1.29, 1.82) is 0 Å². The van der Waals surface area contributed by atoms with Gasteiger partial charge in [-0.2, -0.15) is 0 Å². The number of benzene rings is 1. The molecule has 2 aromatic rings. The van der Waals surface area contributed by atoms with Crippen LogP contribution in [0.3, 0.4) is 0 Å². The van der Waals surface area contributed by atoms with Gasteiger partial charge < -0.3 is 9.47 Å². The average molecular weight is 349 g/mol. The molecule has 6 heteroatoms. The SMILES string of the molecule is COc1cc(F)c(C(Br)c2sccc2OC)c(F)c1. The summed E-state index contributed by atoms with van der Waals surface area (Å²) in [6, 6.07) is 4.08. The Morgan fingerprint density at radius 2 is 1.79 bits per heavy atom. The molecular weight excluding hydrogens is 338 g/mol. The zero-order valence-electron chi connectivity index (χ0n) is 10.2. The van der Waals surface area contributed by atoms with Crippen molar-refractivity contribution in [3.05, 3.63) is 45.7 Å². The van der Waals surface area contributed by atoms with Crippen LogP contribution < -0.4 is 9.47 Å². The summed E-state index contributed by atoms with van der Waals surface area (Å²) in [5.74, 6) is -0.568. The van der Waals surface area contributed by atoms with Crippen LogP contribution in [0.1, 0.15) is 15.3 Å². The van der Waals surface area contributed by atoms with E-state index in [1.807, 2.05) is 5.38 Å². The first-order chi connectivity index (χ1) is 9.08. The van der Waals surface area contributed by atoms with E-state index in [1.165, 1.54) is 25.6 Å². The van der Waals surface area contributed by atoms with E-state index in [1.54, 1.807) is 6.07 Å². The average Bonchev–Trinajstić information content (AvgIpc) is 2.85. The zero-order valence-corrected chi connectivity index (χ0v) is 12.6. The second-order valence-corrected chi connectivity index (χ2v) is 5.58. The Hall–Kier alpha value is -1.14. The smallest absolute Gasteiger partial charge is 0.134 e. The van der Waals surface area contributed by atoms with Crippen LogP contribution in [-0.4, -0.2) is 14.2 Å². The molecule has 0 N–H and O–H groups in total. The molecule has 0 saturated heterocycles. The van der Waals surface area contributed by atoms with Gasteiger partial charge >= 0.3 is 0 Å². The van der Waals surface area contributed by atoms with E-state index < -0.39 is 16.5 Å². The number of halogens is 3. The number of methoxy groups -OCH3 is 2. The molecule has 1 unspecified atom stereocenters. The van der Waals surface area contributed by atoms with E-state index in [0.717, 1.165) is 12.1 Å². The van der Waals surface area contributed by atoms with Gasteiger partial charge in [0.2, 0.25) is 0 Å². The monoisotopic (exact) mass is 348 g/mol. The van der Waals surface area contributed by atoms with E-state index >= 15 is 0 Å². The first-order valence-corrected chi connectivity index (χ1v) is 7.16. The van der Waals surface area contributed by atoms with Gasteiger partial charge in [-0.15, -0.1) is 11.3 Å². The molecule has 0 amide bonds. The summed E-state index contributed by atoms with van der Waals surface area (Å²) in [6.07, 6.45) is 0. The van der Waals surface area contributed by atoms with Crippen molar-refractivity contribution in [1.82, 2.24) is 0 Å². The quantitative estimate of drug-likeness (QED) is 0.756. The molecule has 0 saturated carbocycles. The van der Waals surface area contributed by atoms with Crippen molar-refractivity contribution < 1.29 is 18.3 Å². The highest BCUT2D eigenvalue weighted by atomic mass is 79.9. The summed E-state index contributed by atoms with van der Waals surface area (Å²) in [4.78, 5) is 0.110. The fourth-order valence-corrected chi connectivity index (χ4v) is 3.54. The molecule has 1 aromatic heterocycles. The van der Waals surface area contributed by atoms with Gasteiger partial charge in [0.15, 0.2) is 0 Å². The lowest BCUT2D eigenvalue weighted by atomic mass is 10.1. The highest BCUT2D eigenvalue weighted by Crippen LogP contribution is 2.42. The minimum Gasteiger partial charge on any atom is -0.497 e. The van der Waals surface area contributed by atoms with Gasteiger partial charge in [0.1, 0.15) is 23.1 Å². The largest absolute Gasteiger partial charge is 0.497 e. The third kappa shape index (κ3) is 2.74. The first kappa shape index (κ1) is 14.3. The number of rotatable bonds is 4. The Morgan fingerprint density at radius 3 is 2.32 bits per heavy atom. The fourth-order valence-electron chi connectivity index (χ4n) is 1.71. The molecule has 0 radical (unpaired) electrons. The summed E-state index contributed by atoms with van der Waals surface area (Å²) < 4.78 is 38.0. The predicted octanol–water partition coefficient (Wildman–Crippen LogP) is 4.53. The van der Waals surface area contributed by atoms with E-state index in [-0.39, 0.29) is 11.3 Å². The molecule has 2 nitrogen and oxygen atoms in total. The summed E-state index contributed by atoms with van der Waals surface area (Å²) in [5.41, 5.74) is -0.0541.